The van der Waals surface area contributed by atoms with Crippen LogP contribution >= 0.6 is 0 Å². The molecule has 29 heavy (non-hydrogen) atoms. The smallest absolute Gasteiger partial charge is 0.243 e. The van der Waals surface area contributed by atoms with E-state index in [2.05, 4.69) is 5.32 Å². The quantitative estimate of drug-likeness (QED) is 0.752. The van der Waals surface area contributed by atoms with Crippen molar-refractivity contribution in [3.63, 3.8) is 0 Å². The van der Waals surface area contributed by atoms with Gasteiger partial charge in [-0.3, -0.25) is 4.79 Å². The first-order valence-electron chi connectivity index (χ1n) is 9.95. The van der Waals surface area contributed by atoms with Gasteiger partial charge in [0, 0.05) is 19.1 Å². The van der Waals surface area contributed by atoms with Crippen molar-refractivity contribution in [2.75, 3.05) is 20.2 Å². The zero-order valence-electron chi connectivity index (χ0n) is 16.9. The molecule has 0 unspecified atom stereocenters. The first kappa shape index (κ1) is 21.3. The van der Waals surface area contributed by atoms with E-state index < -0.39 is 10.0 Å². The van der Waals surface area contributed by atoms with Crippen molar-refractivity contribution in [2.45, 2.75) is 43.0 Å². The second-order valence-electron chi connectivity index (χ2n) is 7.23. The number of piperidine rings is 1. The number of hydrogen-bond donors (Lipinski definition) is 1. The van der Waals surface area contributed by atoms with Gasteiger partial charge in [0.2, 0.25) is 15.9 Å². The third-order valence-corrected chi connectivity index (χ3v) is 7.34. The summed E-state index contributed by atoms with van der Waals surface area (Å²) >= 11 is 0. The van der Waals surface area contributed by atoms with Crippen LogP contribution in [-0.4, -0.2) is 44.9 Å². The monoisotopic (exact) mass is 416 g/mol. The van der Waals surface area contributed by atoms with Gasteiger partial charge in [-0.15, -0.1) is 0 Å². The molecular weight excluding hydrogens is 388 g/mol. The number of sulfonamides is 1. The van der Waals surface area contributed by atoms with E-state index >= 15 is 0 Å². The van der Waals surface area contributed by atoms with Gasteiger partial charge < -0.3 is 10.1 Å². The van der Waals surface area contributed by atoms with Gasteiger partial charge in [-0.05, 0) is 49.1 Å². The van der Waals surface area contributed by atoms with Gasteiger partial charge in [-0.1, -0.05) is 37.3 Å². The maximum absolute atomic E-state index is 12.9. The SMILES string of the molecule is CC[C@@H](C(=O)NC1CCN(S(=O)(=O)c2ccc(OC)cc2)CC1)c1ccccc1. The summed E-state index contributed by atoms with van der Waals surface area (Å²) in [4.78, 5) is 13.0. The Kier molecular flexibility index (Phi) is 6.92. The molecule has 1 atom stereocenters. The second-order valence-corrected chi connectivity index (χ2v) is 9.17. The van der Waals surface area contributed by atoms with Crippen LogP contribution in [0.1, 0.15) is 37.7 Å². The number of rotatable bonds is 7. The van der Waals surface area contributed by atoms with E-state index in [-0.39, 0.29) is 22.8 Å². The Bertz CT molecular complexity index is 906. The number of methoxy groups -OCH3 is 1. The molecule has 0 aliphatic carbocycles. The average Bonchev–Trinajstić information content (AvgIpc) is 2.75. The molecule has 1 fully saturated rings. The maximum atomic E-state index is 12.9. The molecule has 0 aromatic heterocycles. The number of nitrogens with zero attached hydrogens (tertiary/aromatic N) is 1. The number of ether oxygens (including phenoxy) is 1. The molecular formula is C22H28N2O4S. The molecule has 2 aromatic rings. The van der Waals surface area contributed by atoms with E-state index in [0.29, 0.717) is 31.7 Å². The largest absolute Gasteiger partial charge is 0.497 e. The van der Waals surface area contributed by atoms with Gasteiger partial charge >= 0.3 is 0 Å². The van der Waals surface area contributed by atoms with Crippen molar-refractivity contribution >= 4 is 15.9 Å². The minimum atomic E-state index is -3.54. The lowest BCUT2D eigenvalue weighted by Crippen LogP contribution is -2.47. The lowest BCUT2D eigenvalue weighted by molar-refractivity contribution is -0.123. The van der Waals surface area contributed by atoms with E-state index in [1.54, 1.807) is 31.4 Å². The summed E-state index contributed by atoms with van der Waals surface area (Å²) in [6.45, 7) is 2.78. The van der Waals surface area contributed by atoms with E-state index in [9.17, 15) is 13.2 Å². The van der Waals surface area contributed by atoms with Gasteiger partial charge in [0.1, 0.15) is 5.75 Å². The van der Waals surface area contributed by atoms with Gasteiger partial charge in [-0.25, -0.2) is 8.42 Å². The lowest BCUT2D eigenvalue weighted by atomic mass is 9.94. The standard InChI is InChI=1S/C22H28N2O4S/c1-3-21(17-7-5-4-6-8-17)22(25)23-18-13-15-24(16-14-18)29(26,27)20-11-9-19(28-2)10-12-20/h4-12,18,21H,3,13-16H2,1-2H3,(H,23,25)/t21-/m1/s1. The van der Waals surface area contributed by atoms with E-state index in [1.807, 2.05) is 37.3 Å². The zero-order chi connectivity index (χ0) is 20.9. The molecule has 1 aliphatic heterocycles. The molecule has 6 nitrogen and oxygen atoms in total. The second kappa shape index (κ2) is 9.41. The number of hydrogen-bond acceptors (Lipinski definition) is 4. The highest BCUT2D eigenvalue weighted by Gasteiger charge is 2.31. The first-order chi connectivity index (χ1) is 14.0. The summed E-state index contributed by atoms with van der Waals surface area (Å²) in [5, 5.41) is 3.12. The molecule has 0 radical (unpaired) electrons. The summed E-state index contributed by atoms with van der Waals surface area (Å²) in [6, 6.07) is 16.2. The van der Waals surface area contributed by atoms with Crippen LogP contribution in [0.4, 0.5) is 0 Å². The Hall–Kier alpha value is -2.38. The molecule has 1 heterocycles. The predicted octanol–water partition coefficient (Wildman–Crippen LogP) is 3.16. The molecule has 156 valence electrons. The van der Waals surface area contributed by atoms with E-state index in [1.165, 1.54) is 4.31 Å². The Balaban J connectivity index is 1.59. The van der Waals surface area contributed by atoms with Crippen molar-refractivity contribution in [1.82, 2.24) is 9.62 Å². The summed E-state index contributed by atoms with van der Waals surface area (Å²) in [7, 11) is -1.99. The van der Waals surface area contributed by atoms with Gasteiger partial charge in [0.25, 0.3) is 0 Å². The molecule has 0 bridgehead atoms. The van der Waals surface area contributed by atoms with E-state index in [4.69, 9.17) is 4.74 Å². The topological polar surface area (TPSA) is 75.7 Å². The third kappa shape index (κ3) is 4.97. The zero-order valence-corrected chi connectivity index (χ0v) is 17.7. The summed E-state index contributed by atoms with van der Waals surface area (Å²) < 4.78 is 32.3. The van der Waals surface area contributed by atoms with Crippen LogP contribution in [-0.2, 0) is 14.8 Å². The normalized spacial score (nSPS) is 16.9. The van der Waals surface area contributed by atoms with Crippen LogP contribution in [0.25, 0.3) is 0 Å². The molecule has 0 saturated carbocycles. The highest BCUT2D eigenvalue weighted by atomic mass is 32.2. The average molecular weight is 417 g/mol. The minimum Gasteiger partial charge on any atom is -0.497 e. The van der Waals surface area contributed by atoms with Crippen molar-refractivity contribution in [1.29, 1.82) is 0 Å². The lowest BCUT2D eigenvalue weighted by Gasteiger charge is -2.32. The molecule has 7 heteroatoms. The molecule has 3 rings (SSSR count). The van der Waals surface area contributed by atoms with Crippen LogP contribution in [0.3, 0.4) is 0 Å². The van der Waals surface area contributed by atoms with Crippen LogP contribution in [0.2, 0.25) is 0 Å². The van der Waals surface area contributed by atoms with E-state index in [0.717, 1.165) is 12.0 Å². The molecule has 0 spiro atoms. The van der Waals surface area contributed by atoms with Crippen LogP contribution < -0.4 is 10.1 Å². The highest BCUT2D eigenvalue weighted by molar-refractivity contribution is 7.89. The third-order valence-electron chi connectivity index (χ3n) is 5.42. The van der Waals surface area contributed by atoms with Gasteiger partial charge in [-0.2, -0.15) is 4.31 Å². The van der Waals surface area contributed by atoms with Gasteiger partial charge in [0.05, 0.1) is 17.9 Å². The fourth-order valence-corrected chi connectivity index (χ4v) is 5.17. The van der Waals surface area contributed by atoms with Crippen molar-refractivity contribution < 1.29 is 17.9 Å². The number of carbonyl (C=O) groups is 1. The molecule has 2 aromatic carbocycles. The van der Waals surface area contributed by atoms with Gasteiger partial charge in [0.15, 0.2) is 0 Å². The fourth-order valence-electron chi connectivity index (χ4n) is 3.70. The Morgan fingerprint density at radius 2 is 1.72 bits per heavy atom. The highest BCUT2D eigenvalue weighted by Crippen LogP contribution is 2.24. The molecule has 1 amide bonds. The number of amides is 1. The summed E-state index contributed by atoms with van der Waals surface area (Å²) in [6.07, 6.45) is 1.93. The van der Waals surface area contributed by atoms with Crippen LogP contribution in [0, 0.1) is 0 Å². The number of carbonyl (C=O) groups excluding carboxylic acids is 1. The first-order valence-corrected chi connectivity index (χ1v) is 11.4. The Labute approximate surface area is 172 Å². The minimum absolute atomic E-state index is 0.00941. The Morgan fingerprint density at radius 3 is 2.28 bits per heavy atom. The fraction of sp³-hybridized carbons (Fsp3) is 0.409. The molecule has 1 aliphatic rings. The molecule has 1 saturated heterocycles. The number of nitrogens with one attached hydrogen (secondary N) is 1. The predicted molar refractivity (Wildman–Crippen MR) is 112 cm³/mol. The Morgan fingerprint density at radius 1 is 1.10 bits per heavy atom. The van der Waals surface area contributed by atoms with Crippen molar-refractivity contribution in [3.05, 3.63) is 60.2 Å². The van der Waals surface area contributed by atoms with Crippen molar-refractivity contribution in [2.24, 2.45) is 0 Å². The summed E-state index contributed by atoms with van der Waals surface area (Å²) in [5.74, 6) is 0.446. The van der Waals surface area contributed by atoms with Crippen molar-refractivity contribution in [3.8, 4) is 5.75 Å². The van der Waals surface area contributed by atoms with Crippen LogP contribution in [0.15, 0.2) is 59.5 Å². The number of benzene rings is 2. The van der Waals surface area contributed by atoms with Crippen LogP contribution in [0.5, 0.6) is 5.75 Å². The maximum Gasteiger partial charge on any atom is 0.243 e. The summed E-state index contributed by atoms with van der Waals surface area (Å²) in [5.41, 5.74) is 1.01. The molecule has 1 N–H and O–H groups in total.